The molecule has 1 aromatic rings. The molecule has 0 saturated heterocycles. The molecule has 20 heavy (non-hydrogen) atoms. The molecule has 1 rings (SSSR count). The normalized spacial score (nSPS) is 11.6. The average molecular weight is 298 g/mol. The Bertz CT molecular complexity index is 538. The molecular weight excluding hydrogens is 276 g/mol. The lowest BCUT2D eigenvalue weighted by Crippen LogP contribution is -2.38. The SMILES string of the molecule is CCCN(CCNC(=O)c1ccc(C)cc1)S(C)(=O)=O. The van der Waals surface area contributed by atoms with E-state index in [0.29, 0.717) is 25.2 Å². The molecule has 1 aromatic carbocycles. The largest absolute Gasteiger partial charge is 0.351 e. The highest BCUT2D eigenvalue weighted by molar-refractivity contribution is 7.88. The van der Waals surface area contributed by atoms with E-state index in [0.717, 1.165) is 12.0 Å². The van der Waals surface area contributed by atoms with Crippen LogP contribution in [0, 0.1) is 6.92 Å². The Labute approximate surface area is 121 Å². The molecule has 0 heterocycles. The van der Waals surface area contributed by atoms with Crippen molar-refractivity contribution >= 4 is 15.9 Å². The molecule has 5 nitrogen and oxygen atoms in total. The molecule has 0 saturated carbocycles. The van der Waals surface area contributed by atoms with Gasteiger partial charge < -0.3 is 5.32 Å². The average Bonchev–Trinajstić information content (AvgIpc) is 2.37. The molecular formula is C14H22N2O3S. The van der Waals surface area contributed by atoms with Crippen molar-refractivity contribution < 1.29 is 13.2 Å². The lowest BCUT2D eigenvalue weighted by atomic mass is 10.1. The summed E-state index contributed by atoms with van der Waals surface area (Å²) in [5.41, 5.74) is 1.67. The topological polar surface area (TPSA) is 66.5 Å². The molecule has 0 fully saturated rings. The van der Waals surface area contributed by atoms with Gasteiger partial charge in [0.05, 0.1) is 6.26 Å². The molecule has 1 amide bonds. The van der Waals surface area contributed by atoms with Gasteiger partial charge in [0.2, 0.25) is 10.0 Å². The van der Waals surface area contributed by atoms with Crippen LogP contribution in [0.25, 0.3) is 0 Å². The molecule has 0 atom stereocenters. The van der Waals surface area contributed by atoms with E-state index in [-0.39, 0.29) is 5.91 Å². The lowest BCUT2D eigenvalue weighted by Gasteiger charge is -2.19. The Morgan fingerprint density at radius 2 is 1.80 bits per heavy atom. The molecule has 1 N–H and O–H groups in total. The van der Waals surface area contributed by atoms with E-state index in [1.54, 1.807) is 12.1 Å². The maximum Gasteiger partial charge on any atom is 0.251 e. The zero-order valence-electron chi connectivity index (χ0n) is 12.2. The van der Waals surface area contributed by atoms with Crippen LogP contribution >= 0.6 is 0 Å². The summed E-state index contributed by atoms with van der Waals surface area (Å²) < 4.78 is 24.4. The molecule has 0 aliphatic carbocycles. The second kappa shape index (κ2) is 7.40. The minimum Gasteiger partial charge on any atom is -0.351 e. The van der Waals surface area contributed by atoms with Gasteiger partial charge in [0, 0.05) is 25.2 Å². The van der Waals surface area contributed by atoms with Gasteiger partial charge >= 0.3 is 0 Å². The molecule has 6 heteroatoms. The molecule has 0 bridgehead atoms. The van der Waals surface area contributed by atoms with Crippen LogP contribution in [-0.4, -0.2) is 44.5 Å². The fraction of sp³-hybridized carbons (Fsp3) is 0.500. The Morgan fingerprint density at radius 1 is 1.20 bits per heavy atom. The van der Waals surface area contributed by atoms with Crippen LogP contribution in [0.15, 0.2) is 24.3 Å². The lowest BCUT2D eigenvalue weighted by molar-refractivity contribution is 0.0951. The standard InChI is InChI=1S/C14H22N2O3S/c1-4-10-16(20(3,18)19)11-9-15-14(17)13-7-5-12(2)6-8-13/h5-8H,4,9-11H2,1-3H3,(H,15,17). The fourth-order valence-corrected chi connectivity index (χ4v) is 2.73. The van der Waals surface area contributed by atoms with Gasteiger partial charge in [-0.05, 0) is 25.5 Å². The summed E-state index contributed by atoms with van der Waals surface area (Å²) in [6, 6.07) is 7.25. The van der Waals surface area contributed by atoms with Gasteiger partial charge in [0.25, 0.3) is 5.91 Å². The van der Waals surface area contributed by atoms with E-state index in [1.807, 2.05) is 26.0 Å². The van der Waals surface area contributed by atoms with Crippen molar-refractivity contribution in [3.63, 3.8) is 0 Å². The maximum atomic E-state index is 11.9. The van der Waals surface area contributed by atoms with Gasteiger partial charge in [-0.15, -0.1) is 0 Å². The molecule has 0 spiro atoms. The number of aryl methyl sites for hydroxylation is 1. The fourth-order valence-electron chi connectivity index (χ4n) is 1.79. The Kier molecular flexibility index (Phi) is 6.16. The van der Waals surface area contributed by atoms with Gasteiger partial charge in [-0.3, -0.25) is 4.79 Å². The van der Waals surface area contributed by atoms with Crippen LogP contribution in [0.5, 0.6) is 0 Å². The van der Waals surface area contributed by atoms with Crippen LogP contribution in [0.1, 0.15) is 29.3 Å². The number of hydrogen-bond acceptors (Lipinski definition) is 3. The van der Waals surface area contributed by atoms with Gasteiger partial charge in [0.1, 0.15) is 0 Å². The van der Waals surface area contributed by atoms with E-state index < -0.39 is 10.0 Å². The second-order valence-corrected chi connectivity index (χ2v) is 6.77. The molecule has 112 valence electrons. The number of carbonyl (C=O) groups is 1. The minimum absolute atomic E-state index is 0.185. The number of rotatable bonds is 7. The summed E-state index contributed by atoms with van der Waals surface area (Å²) in [5.74, 6) is -0.185. The third-order valence-electron chi connectivity index (χ3n) is 2.90. The highest BCUT2D eigenvalue weighted by Crippen LogP contribution is 2.03. The van der Waals surface area contributed by atoms with E-state index in [4.69, 9.17) is 0 Å². The second-order valence-electron chi connectivity index (χ2n) is 4.78. The van der Waals surface area contributed by atoms with Gasteiger partial charge in [0.15, 0.2) is 0 Å². The molecule has 0 aliphatic rings. The maximum absolute atomic E-state index is 11.9. The third kappa shape index (κ3) is 5.30. The van der Waals surface area contributed by atoms with Gasteiger partial charge in [-0.2, -0.15) is 0 Å². The Balaban J connectivity index is 2.50. The van der Waals surface area contributed by atoms with Crippen molar-refractivity contribution in [3.05, 3.63) is 35.4 Å². The van der Waals surface area contributed by atoms with Crippen molar-refractivity contribution in [1.29, 1.82) is 0 Å². The first-order chi connectivity index (χ1) is 9.34. The number of nitrogens with one attached hydrogen (secondary N) is 1. The monoisotopic (exact) mass is 298 g/mol. The number of benzene rings is 1. The summed E-state index contributed by atoms with van der Waals surface area (Å²) in [4.78, 5) is 11.9. The molecule has 0 unspecified atom stereocenters. The predicted molar refractivity (Wildman–Crippen MR) is 80.2 cm³/mol. The van der Waals surface area contributed by atoms with Crippen molar-refractivity contribution in [1.82, 2.24) is 9.62 Å². The summed E-state index contributed by atoms with van der Waals surface area (Å²) in [5, 5.41) is 2.73. The van der Waals surface area contributed by atoms with E-state index in [1.165, 1.54) is 10.6 Å². The molecule has 0 aromatic heterocycles. The summed E-state index contributed by atoms with van der Waals surface area (Å²) in [6.45, 7) is 4.95. The van der Waals surface area contributed by atoms with Gasteiger partial charge in [-0.1, -0.05) is 24.6 Å². The van der Waals surface area contributed by atoms with Crippen molar-refractivity contribution in [2.24, 2.45) is 0 Å². The van der Waals surface area contributed by atoms with Crippen LogP contribution < -0.4 is 5.32 Å². The van der Waals surface area contributed by atoms with Crippen molar-refractivity contribution in [3.8, 4) is 0 Å². The van der Waals surface area contributed by atoms with Crippen LogP contribution in [0.2, 0.25) is 0 Å². The number of amides is 1. The molecule has 0 aliphatic heterocycles. The smallest absolute Gasteiger partial charge is 0.251 e. The zero-order chi connectivity index (χ0) is 15.2. The number of hydrogen-bond donors (Lipinski definition) is 1. The Morgan fingerprint density at radius 3 is 2.30 bits per heavy atom. The highest BCUT2D eigenvalue weighted by Gasteiger charge is 2.15. The predicted octanol–water partition coefficient (Wildman–Crippen LogP) is 1.40. The third-order valence-corrected chi connectivity index (χ3v) is 4.21. The number of carbonyl (C=O) groups excluding carboxylic acids is 1. The summed E-state index contributed by atoms with van der Waals surface area (Å²) >= 11 is 0. The first-order valence-corrected chi connectivity index (χ1v) is 8.49. The summed E-state index contributed by atoms with van der Waals surface area (Å²) in [6.07, 6.45) is 1.93. The van der Waals surface area contributed by atoms with E-state index in [2.05, 4.69) is 5.32 Å². The van der Waals surface area contributed by atoms with E-state index >= 15 is 0 Å². The molecule has 0 radical (unpaired) electrons. The zero-order valence-corrected chi connectivity index (χ0v) is 13.0. The number of sulfonamides is 1. The van der Waals surface area contributed by atoms with Crippen LogP contribution in [0.3, 0.4) is 0 Å². The van der Waals surface area contributed by atoms with E-state index in [9.17, 15) is 13.2 Å². The first kappa shape index (κ1) is 16.7. The number of nitrogens with zero attached hydrogens (tertiary/aromatic N) is 1. The van der Waals surface area contributed by atoms with Crippen LogP contribution in [0.4, 0.5) is 0 Å². The van der Waals surface area contributed by atoms with Crippen molar-refractivity contribution in [2.75, 3.05) is 25.9 Å². The summed E-state index contributed by atoms with van der Waals surface area (Å²) in [7, 11) is -3.21. The first-order valence-electron chi connectivity index (χ1n) is 6.64. The Hall–Kier alpha value is -1.40. The quantitative estimate of drug-likeness (QED) is 0.827. The highest BCUT2D eigenvalue weighted by atomic mass is 32.2. The van der Waals surface area contributed by atoms with Gasteiger partial charge in [-0.25, -0.2) is 12.7 Å². The van der Waals surface area contributed by atoms with Crippen LogP contribution in [-0.2, 0) is 10.0 Å². The minimum atomic E-state index is -3.21. The van der Waals surface area contributed by atoms with Crippen molar-refractivity contribution in [2.45, 2.75) is 20.3 Å².